The Balaban J connectivity index is 1.53. The van der Waals surface area contributed by atoms with Crippen LogP contribution in [0, 0.1) is 13.8 Å². The predicted octanol–water partition coefficient (Wildman–Crippen LogP) is 4.51. The number of aryl methyl sites for hydroxylation is 2. The zero-order valence-electron chi connectivity index (χ0n) is 20.6. The molecule has 8 nitrogen and oxygen atoms in total. The number of para-hydroxylation sites is 1. The third-order valence-electron chi connectivity index (χ3n) is 6.23. The van der Waals surface area contributed by atoms with Crippen molar-refractivity contribution in [2.24, 2.45) is 0 Å². The van der Waals surface area contributed by atoms with Crippen LogP contribution >= 0.6 is 24.0 Å². The molecule has 2 aromatic rings. The predicted molar refractivity (Wildman–Crippen MR) is 148 cm³/mol. The number of carboxylic acids is 1. The fourth-order valence-electron chi connectivity index (χ4n) is 4.41. The fourth-order valence-corrected chi connectivity index (χ4v) is 5.79. The molecule has 0 bridgehead atoms. The Kier molecular flexibility index (Phi) is 8.09. The van der Waals surface area contributed by atoms with E-state index in [9.17, 15) is 19.2 Å². The number of anilines is 2. The van der Waals surface area contributed by atoms with E-state index in [1.807, 2.05) is 32.0 Å². The lowest BCUT2D eigenvalue weighted by atomic mass is 10.1. The number of benzene rings is 2. The highest BCUT2D eigenvalue weighted by molar-refractivity contribution is 8.26. The maximum atomic E-state index is 13.6. The minimum atomic E-state index is -0.846. The monoisotopic (exact) mass is 537 g/mol. The normalized spacial score (nSPS) is 17.0. The number of nitrogens with zero attached hydrogens (tertiary/aromatic N) is 2. The molecule has 2 aliphatic heterocycles. The Morgan fingerprint density at radius 1 is 1.00 bits per heavy atom. The topological polar surface area (TPSA) is 107 Å². The van der Waals surface area contributed by atoms with Crippen LogP contribution in [0.5, 0.6) is 0 Å². The molecule has 37 heavy (non-hydrogen) atoms. The van der Waals surface area contributed by atoms with Crippen LogP contribution in [-0.4, -0.2) is 51.1 Å². The van der Waals surface area contributed by atoms with E-state index < -0.39 is 11.9 Å². The summed E-state index contributed by atoms with van der Waals surface area (Å²) in [6, 6.07) is 12.8. The summed E-state index contributed by atoms with van der Waals surface area (Å²) in [6.07, 6.45) is 1.87. The lowest BCUT2D eigenvalue weighted by Gasteiger charge is -2.17. The number of carbonyl (C=O) groups is 4. The van der Waals surface area contributed by atoms with Crippen LogP contribution in [0.1, 0.15) is 42.4 Å². The summed E-state index contributed by atoms with van der Waals surface area (Å²) in [6.45, 7) is 4.04. The van der Waals surface area contributed by atoms with Gasteiger partial charge in [0, 0.05) is 24.2 Å². The summed E-state index contributed by atoms with van der Waals surface area (Å²) < 4.78 is 0.363. The zero-order chi connectivity index (χ0) is 26.7. The second-order valence-corrected chi connectivity index (χ2v) is 10.7. The van der Waals surface area contributed by atoms with Crippen LogP contribution < -0.4 is 10.2 Å². The number of aliphatic carboxylic acids is 1. The zero-order valence-corrected chi connectivity index (χ0v) is 22.2. The molecular weight excluding hydrogens is 510 g/mol. The van der Waals surface area contributed by atoms with Crippen molar-refractivity contribution in [2.45, 2.75) is 39.5 Å². The molecule has 2 aromatic carbocycles. The number of amides is 3. The average Bonchev–Trinajstić information content (AvgIpc) is 3.27. The van der Waals surface area contributed by atoms with E-state index in [4.69, 9.17) is 17.3 Å². The van der Waals surface area contributed by atoms with Gasteiger partial charge in [-0.05, 0) is 44.4 Å². The summed E-state index contributed by atoms with van der Waals surface area (Å²) in [7, 11) is 0. The molecule has 2 aliphatic rings. The second kappa shape index (κ2) is 11.3. The van der Waals surface area contributed by atoms with Gasteiger partial charge in [0.2, 0.25) is 5.91 Å². The highest BCUT2D eigenvalue weighted by Gasteiger charge is 2.42. The Labute approximate surface area is 224 Å². The van der Waals surface area contributed by atoms with E-state index in [1.165, 1.54) is 9.80 Å². The molecule has 2 heterocycles. The number of fused-ring (bicyclic) bond motifs is 1. The van der Waals surface area contributed by atoms with Gasteiger partial charge in [-0.15, -0.1) is 0 Å². The van der Waals surface area contributed by atoms with Gasteiger partial charge < -0.3 is 10.4 Å². The van der Waals surface area contributed by atoms with Gasteiger partial charge in [0.15, 0.2) is 0 Å². The van der Waals surface area contributed by atoms with E-state index in [-0.39, 0.29) is 35.3 Å². The summed E-state index contributed by atoms with van der Waals surface area (Å²) in [5, 5.41) is 11.7. The Morgan fingerprint density at radius 2 is 1.76 bits per heavy atom. The maximum absolute atomic E-state index is 13.6. The van der Waals surface area contributed by atoms with Crippen LogP contribution in [0.2, 0.25) is 0 Å². The van der Waals surface area contributed by atoms with E-state index in [1.54, 1.807) is 24.3 Å². The summed E-state index contributed by atoms with van der Waals surface area (Å²) >= 11 is 6.52. The van der Waals surface area contributed by atoms with Gasteiger partial charge in [-0.25, -0.2) is 0 Å². The van der Waals surface area contributed by atoms with Crippen molar-refractivity contribution in [1.82, 2.24) is 4.90 Å². The molecule has 0 spiro atoms. The van der Waals surface area contributed by atoms with Crippen molar-refractivity contribution in [3.63, 3.8) is 0 Å². The third kappa shape index (κ3) is 5.75. The number of carbonyl (C=O) groups excluding carboxylic acids is 3. The lowest BCUT2D eigenvalue weighted by Crippen LogP contribution is -2.35. The van der Waals surface area contributed by atoms with E-state index in [0.29, 0.717) is 47.1 Å². The SMILES string of the molecule is Cc1ccc(NC(=O)CN2C(=O)C(=C3SC(=S)N(CCCCCC(=O)O)C3=O)c3ccccc32)c(C)c1. The molecular formula is C27H27N3O5S2. The molecule has 0 unspecified atom stereocenters. The van der Waals surface area contributed by atoms with Crippen molar-refractivity contribution in [1.29, 1.82) is 0 Å². The van der Waals surface area contributed by atoms with Crippen LogP contribution in [0.25, 0.3) is 5.57 Å². The van der Waals surface area contributed by atoms with Crippen molar-refractivity contribution in [3.05, 3.63) is 64.1 Å². The molecule has 1 fully saturated rings. The summed E-state index contributed by atoms with van der Waals surface area (Å²) in [4.78, 5) is 53.6. The molecule has 3 amide bonds. The molecule has 0 atom stereocenters. The van der Waals surface area contributed by atoms with Crippen LogP contribution in [-0.2, 0) is 19.2 Å². The first-order valence-corrected chi connectivity index (χ1v) is 13.2. The van der Waals surface area contributed by atoms with Gasteiger partial charge in [-0.2, -0.15) is 0 Å². The number of rotatable bonds is 9. The maximum Gasteiger partial charge on any atom is 0.303 e. The summed E-state index contributed by atoms with van der Waals surface area (Å²) in [5.41, 5.74) is 4.10. The smallest absolute Gasteiger partial charge is 0.303 e. The van der Waals surface area contributed by atoms with Gasteiger partial charge in [-0.1, -0.05) is 66.3 Å². The highest BCUT2D eigenvalue weighted by Crippen LogP contribution is 2.44. The molecule has 4 rings (SSSR count). The van der Waals surface area contributed by atoms with Crippen molar-refractivity contribution in [3.8, 4) is 0 Å². The van der Waals surface area contributed by atoms with Gasteiger partial charge in [0.25, 0.3) is 11.8 Å². The number of thiocarbonyl (C=S) groups is 1. The molecule has 192 valence electrons. The Bertz CT molecular complexity index is 1340. The first-order valence-electron chi connectivity index (χ1n) is 12.0. The van der Waals surface area contributed by atoms with Crippen LogP contribution in [0.4, 0.5) is 11.4 Å². The van der Waals surface area contributed by atoms with Crippen molar-refractivity contribution < 1.29 is 24.3 Å². The standard InChI is InChI=1S/C27H27N3O5S2/c1-16-11-12-19(17(2)14-16)28-21(31)15-30-20-9-6-5-8-18(20)23(25(30)34)24-26(35)29(27(36)37-24)13-7-3-4-10-22(32)33/h5-6,8-9,11-12,14H,3-4,7,10,13,15H2,1-2H3,(H,28,31)(H,32,33). The quantitative estimate of drug-likeness (QED) is 0.275. The Hall–Kier alpha value is -3.50. The van der Waals surface area contributed by atoms with Gasteiger partial charge in [0.1, 0.15) is 10.9 Å². The van der Waals surface area contributed by atoms with E-state index in [0.717, 1.165) is 22.9 Å². The number of unbranched alkanes of at least 4 members (excludes halogenated alkanes) is 2. The number of hydrogen-bond donors (Lipinski definition) is 2. The molecule has 0 aromatic heterocycles. The molecule has 1 saturated heterocycles. The summed E-state index contributed by atoms with van der Waals surface area (Å²) in [5.74, 6) is -1.95. The lowest BCUT2D eigenvalue weighted by molar-refractivity contribution is -0.137. The second-order valence-electron chi connectivity index (χ2n) is 9.01. The number of hydrogen-bond acceptors (Lipinski definition) is 6. The third-order valence-corrected chi connectivity index (χ3v) is 7.68. The first kappa shape index (κ1) is 26.6. The van der Waals surface area contributed by atoms with Gasteiger partial charge >= 0.3 is 5.97 Å². The van der Waals surface area contributed by atoms with Crippen LogP contribution in [0.3, 0.4) is 0 Å². The van der Waals surface area contributed by atoms with Gasteiger partial charge in [0.05, 0.1) is 16.2 Å². The molecule has 0 aliphatic carbocycles. The van der Waals surface area contributed by atoms with Crippen molar-refractivity contribution in [2.75, 3.05) is 23.3 Å². The Morgan fingerprint density at radius 3 is 2.49 bits per heavy atom. The first-order chi connectivity index (χ1) is 17.7. The molecule has 0 saturated carbocycles. The van der Waals surface area contributed by atoms with Crippen molar-refractivity contribution >= 4 is 68.9 Å². The van der Waals surface area contributed by atoms with Crippen LogP contribution in [0.15, 0.2) is 47.4 Å². The average molecular weight is 538 g/mol. The number of nitrogens with one attached hydrogen (secondary N) is 1. The van der Waals surface area contributed by atoms with E-state index >= 15 is 0 Å². The number of thioether (sulfide) groups is 1. The minimum Gasteiger partial charge on any atom is -0.481 e. The van der Waals surface area contributed by atoms with E-state index in [2.05, 4.69) is 5.32 Å². The largest absolute Gasteiger partial charge is 0.481 e. The number of carboxylic acid groups (broad SMARTS) is 1. The van der Waals surface area contributed by atoms with Gasteiger partial charge in [-0.3, -0.25) is 29.0 Å². The molecule has 2 N–H and O–H groups in total. The molecule has 0 radical (unpaired) electrons. The fraction of sp³-hybridized carbons (Fsp3) is 0.296. The highest BCUT2D eigenvalue weighted by atomic mass is 32.2. The molecule has 10 heteroatoms. The minimum absolute atomic E-state index is 0.0840.